The molecule has 0 radical (unpaired) electrons. The summed E-state index contributed by atoms with van der Waals surface area (Å²) < 4.78 is 4.39. The molecule has 0 aliphatic carbocycles. The van der Waals surface area contributed by atoms with Crippen LogP contribution < -0.4 is 0 Å². The van der Waals surface area contributed by atoms with Crippen molar-refractivity contribution >= 4 is 17.8 Å². The third-order valence-corrected chi connectivity index (χ3v) is 2.11. The average molecular weight is 228 g/mol. The summed E-state index contributed by atoms with van der Waals surface area (Å²) in [5, 5.41) is 0. The highest BCUT2D eigenvalue weighted by molar-refractivity contribution is 6.04. The topological polar surface area (TPSA) is 43.4 Å². The van der Waals surface area contributed by atoms with Crippen molar-refractivity contribution in [2.24, 2.45) is 0 Å². The van der Waals surface area contributed by atoms with Gasteiger partial charge >= 0.3 is 5.97 Å². The summed E-state index contributed by atoms with van der Waals surface area (Å²) in [6, 6.07) is 7.23. The Balaban J connectivity index is 2.74. The van der Waals surface area contributed by atoms with Crippen molar-refractivity contribution in [3.05, 3.63) is 41.5 Å². The molecule has 0 amide bonds. The number of ether oxygens (including phenoxy) is 1. The zero-order valence-corrected chi connectivity index (χ0v) is 9.47. The number of benzene rings is 1. The monoisotopic (exact) mass is 228 g/mol. The Labute approximate surface area is 100 Å². The quantitative estimate of drug-likeness (QED) is 0.341. The zero-order valence-electron chi connectivity index (χ0n) is 9.47. The van der Waals surface area contributed by atoms with Crippen LogP contribution in [0.15, 0.2) is 30.3 Å². The number of terminal acetylenes is 1. The predicted molar refractivity (Wildman–Crippen MR) is 65.1 cm³/mol. The molecule has 86 valence electrons. The standard InChI is InChI=1S/C14H12O3/c1-3-11-6-4-5-7-12(11)8-9-13(15)10-14(16)17-2/h1,4-9H,10H2,2H3. The van der Waals surface area contributed by atoms with Crippen LogP contribution >= 0.6 is 0 Å². The highest BCUT2D eigenvalue weighted by atomic mass is 16.5. The molecule has 1 aromatic rings. The van der Waals surface area contributed by atoms with Crippen molar-refractivity contribution in [3.63, 3.8) is 0 Å². The lowest BCUT2D eigenvalue weighted by molar-refractivity contribution is -0.142. The number of esters is 1. The van der Waals surface area contributed by atoms with Gasteiger partial charge in [-0.1, -0.05) is 30.2 Å². The van der Waals surface area contributed by atoms with Gasteiger partial charge in [0.2, 0.25) is 0 Å². The van der Waals surface area contributed by atoms with E-state index in [-0.39, 0.29) is 12.2 Å². The molecule has 17 heavy (non-hydrogen) atoms. The largest absolute Gasteiger partial charge is 0.469 e. The lowest BCUT2D eigenvalue weighted by Crippen LogP contribution is -2.06. The summed E-state index contributed by atoms with van der Waals surface area (Å²) in [6.45, 7) is 0. The first-order valence-corrected chi connectivity index (χ1v) is 5.00. The highest BCUT2D eigenvalue weighted by Crippen LogP contribution is 2.09. The number of hydrogen-bond acceptors (Lipinski definition) is 3. The fraction of sp³-hybridized carbons (Fsp3) is 0.143. The van der Waals surface area contributed by atoms with Crippen molar-refractivity contribution in [2.75, 3.05) is 7.11 Å². The van der Waals surface area contributed by atoms with E-state index in [0.717, 1.165) is 5.56 Å². The van der Waals surface area contributed by atoms with E-state index < -0.39 is 5.97 Å². The van der Waals surface area contributed by atoms with Gasteiger partial charge in [-0.05, 0) is 17.7 Å². The van der Waals surface area contributed by atoms with Crippen LogP contribution in [0.3, 0.4) is 0 Å². The summed E-state index contributed by atoms with van der Waals surface area (Å²) in [5.41, 5.74) is 1.47. The van der Waals surface area contributed by atoms with Gasteiger partial charge < -0.3 is 4.74 Å². The van der Waals surface area contributed by atoms with Crippen LogP contribution in [0.5, 0.6) is 0 Å². The Bertz CT molecular complexity index is 492. The van der Waals surface area contributed by atoms with Gasteiger partial charge in [-0.3, -0.25) is 9.59 Å². The number of hydrogen-bond donors (Lipinski definition) is 0. The molecule has 0 N–H and O–H groups in total. The first-order valence-electron chi connectivity index (χ1n) is 5.00. The van der Waals surface area contributed by atoms with Crippen LogP contribution in [0, 0.1) is 12.3 Å². The normalized spacial score (nSPS) is 9.88. The molecule has 0 aromatic heterocycles. The molecule has 0 saturated heterocycles. The van der Waals surface area contributed by atoms with Crippen LogP contribution in [-0.2, 0) is 14.3 Å². The van der Waals surface area contributed by atoms with Crippen molar-refractivity contribution in [1.82, 2.24) is 0 Å². The number of rotatable bonds is 4. The van der Waals surface area contributed by atoms with E-state index in [0.29, 0.717) is 5.56 Å². The third kappa shape index (κ3) is 3.96. The van der Waals surface area contributed by atoms with Gasteiger partial charge in [0.05, 0.1) is 7.11 Å². The number of carbonyl (C=O) groups is 2. The summed E-state index contributed by atoms with van der Waals surface area (Å²) in [7, 11) is 1.24. The minimum atomic E-state index is -0.551. The summed E-state index contributed by atoms with van der Waals surface area (Å²) >= 11 is 0. The van der Waals surface area contributed by atoms with Gasteiger partial charge in [-0.2, -0.15) is 0 Å². The minimum absolute atomic E-state index is 0.259. The molecule has 0 bridgehead atoms. The van der Waals surface area contributed by atoms with Gasteiger partial charge in [0, 0.05) is 5.56 Å². The van der Waals surface area contributed by atoms with Crippen molar-refractivity contribution in [2.45, 2.75) is 6.42 Å². The molecule has 0 aliphatic rings. The van der Waals surface area contributed by atoms with E-state index in [1.165, 1.54) is 13.2 Å². The molecule has 0 aliphatic heterocycles. The number of ketones is 1. The van der Waals surface area contributed by atoms with Gasteiger partial charge in [0.1, 0.15) is 6.42 Å². The predicted octanol–water partition coefficient (Wildman–Crippen LogP) is 1.81. The van der Waals surface area contributed by atoms with E-state index in [1.54, 1.807) is 18.2 Å². The Morgan fingerprint density at radius 3 is 2.76 bits per heavy atom. The van der Waals surface area contributed by atoms with Crippen molar-refractivity contribution in [1.29, 1.82) is 0 Å². The van der Waals surface area contributed by atoms with Crippen molar-refractivity contribution in [3.8, 4) is 12.3 Å². The Morgan fingerprint density at radius 2 is 2.12 bits per heavy atom. The summed E-state index contributed by atoms with van der Waals surface area (Å²) in [6.07, 6.45) is 7.98. The van der Waals surface area contributed by atoms with E-state index in [1.807, 2.05) is 12.1 Å². The number of methoxy groups -OCH3 is 1. The fourth-order valence-corrected chi connectivity index (χ4v) is 1.23. The molecule has 3 nitrogen and oxygen atoms in total. The van der Waals surface area contributed by atoms with Gasteiger partial charge in [-0.15, -0.1) is 6.42 Å². The first kappa shape index (κ1) is 12.7. The van der Waals surface area contributed by atoms with E-state index in [2.05, 4.69) is 10.7 Å². The molecule has 0 unspecified atom stereocenters. The molecular formula is C14H12O3. The lowest BCUT2D eigenvalue weighted by Gasteiger charge is -1.97. The maximum atomic E-state index is 11.3. The maximum absolute atomic E-state index is 11.3. The summed E-state index contributed by atoms with van der Waals surface area (Å²) in [5.74, 6) is 1.65. The minimum Gasteiger partial charge on any atom is -0.469 e. The smallest absolute Gasteiger partial charge is 0.313 e. The zero-order chi connectivity index (χ0) is 12.7. The number of carbonyl (C=O) groups excluding carboxylic acids is 2. The Hall–Kier alpha value is -2.34. The molecule has 1 rings (SSSR count). The lowest BCUT2D eigenvalue weighted by atomic mass is 10.1. The fourth-order valence-electron chi connectivity index (χ4n) is 1.23. The van der Waals surface area contributed by atoms with Crippen LogP contribution in [0.4, 0.5) is 0 Å². The van der Waals surface area contributed by atoms with Crippen LogP contribution in [0.2, 0.25) is 0 Å². The molecule has 0 atom stereocenters. The van der Waals surface area contributed by atoms with E-state index in [9.17, 15) is 9.59 Å². The third-order valence-electron chi connectivity index (χ3n) is 2.11. The molecule has 0 fully saturated rings. The van der Waals surface area contributed by atoms with Crippen LogP contribution in [-0.4, -0.2) is 18.9 Å². The average Bonchev–Trinajstić information content (AvgIpc) is 2.36. The van der Waals surface area contributed by atoms with Gasteiger partial charge in [0.15, 0.2) is 5.78 Å². The SMILES string of the molecule is C#Cc1ccccc1C=CC(=O)CC(=O)OC. The molecule has 0 heterocycles. The van der Waals surface area contributed by atoms with E-state index >= 15 is 0 Å². The van der Waals surface area contributed by atoms with Crippen molar-refractivity contribution < 1.29 is 14.3 Å². The Kier molecular flexibility index (Phi) is 4.71. The van der Waals surface area contributed by atoms with Crippen LogP contribution in [0.25, 0.3) is 6.08 Å². The second-order valence-corrected chi connectivity index (χ2v) is 3.28. The number of allylic oxidation sites excluding steroid dienone is 1. The molecule has 0 saturated carbocycles. The highest BCUT2D eigenvalue weighted by Gasteiger charge is 2.05. The molecule has 0 spiro atoms. The molecule has 3 heteroatoms. The van der Waals surface area contributed by atoms with Gasteiger partial charge in [-0.25, -0.2) is 0 Å². The Morgan fingerprint density at radius 1 is 1.41 bits per heavy atom. The second kappa shape index (κ2) is 6.29. The molecular weight excluding hydrogens is 216 g/mol. The van der Waals surface area contributed by atoms with E-state index in [4.69, 9.17) is 6.42 Å². The maximum Gasteiger partial charge on any atom is 0.313 e. The van der Waals surface area contributed by atoms with Crippen LogP contribution in [0.1, 0.15) is 17.5 Å². The molecule has 1 aromatic carbocycles. The second-order valence-electron chi connectivity index (χ2n) is 3.28. The summed E-state index contributed by atoms with van der Waals surface area (Å²) in [4.78, 5) is 22.2. The van der Waals surface area contributed by atoms with Gasteiger partial charge in [0.25, 0.3) is 0 Å². The first-order chi connectivity index (χ1) is 8.17.